The Kier molecular flexibility index (Phi) is 11.6. The Bertz CT molecular complexity index is 2020. The van der Waals surface area contributed by atoms with Gasteiger partial charge in [0.25, 0.3) is 11.8 Å². The number of carboxylic acid groups (broad SMARTS) is 1. The van der Waals surface area contributed by atoms with E-state index in [1.807, 2.05) is 48.5 Å². The number of anilines is 2. The summed E-state index contributed by atoms with van der Waals surface area (Å²) in [7, 11) is 0. The second-order valence-corrected chi connectivity index (χ2v) is 15.2. The maximum Gasteiger partial charge on any atom is 0.332 e. The van der Waals surface area contributed by atoms with E-state index >= 15 is 0 Å². The molecule has 12 heteroatoms. The van der Waals surface area contributed by atoms with E-state index in [1.165, 1.54) is 12.8 Å². The predicted octanol–water partition coefficient (Wildman–Crippen LogP) is 5.33. The van der Waals surface area contributed by atoms with Gasteiger partial charge in [0.05, 0.1) is 17.7 Å². The zero-order chi connectivity index (χ0) is 39.1. The summed E-state index contributed by atoms with van der Waals surface area (Å²) >= 11 is 0. The first-order valence-electron chi connectivity index (χ1n) is 19.8. The van der Waals surface area contributed by atoms with Crippen LogP contribution in [-0.2, 0) is 40.0 Å². The molecule has 2 amide bonds. The predicted molar refractivity (Wildman–Crippen MR) is 213 cm³/mol. The van der Waals surface area contributed by atoms with Gasteiger partial charge >= 0.3 is 11.9 Å². The summed E-state index contributed by atoms with van der Waals surface area (Å²) in [5, 5.41) is 15.8. The zero-order valence-corrected chi connectivity index (χ0v) is 32.0. The van der Waals surface area contributed by atoms with E-state index in [4.69, 9.17) is 4.74 Å². The first-order valence-corrected chi connectivity index (χ1v) is 19.8. The number of nitrogens with one attached hydrogen (secondary N) is 2. The van der Waals surface area contributed by atoms with Gasteiger partial charge in [0, 0.05) is 64.3 Å². The molecule has 2 fully saturated rings. The van der Waals surface area contributed by atoms with E-state index in [1.54, 1.807) is 43.6 Å². The molecule has 0 spiro atoms. The second-order valence-electron chi connectivity index (χ2n) is 15.2. The molecule has 56 heavy (non-hydrogen) atoms. The average molecular weight is 759 g/mol. The number of esters is 1. The normalized spacial score (nSPS) is 17.7. The number of amides is 2. The summed E-state index contributed by atoms with van der Waals surface area (Å²) in [6.07, 6.45) is 11.6. The molecule has 0 bridgehead atoms. The van der Waals surface area contributed by atoms with Crippen LogP contribution in [0.1, 0.15) is 88.4 Å². The fourth-order valence-corrected chi connectivity index (χ4v) is 8.51. The number of aromatic nitrogens is 2. The topological polar surface area (TPSA) is 154 Å². The van der Waals surface area contributed by atoms with Gasteiger partial charge in [0.2, 0.25) is 0 Å². The van der Waals surface area contributed by atoms with Gasteiger partial charge in [0.1, 0.15) is 22.7 Å². The smallest absolute Gasteiger partial charge is 0.332 e. The molecule has 4 heterocycles. The van der Waals surface area contributed by atoms with Gasteiger partial charge in [-0.05, 0) is 92.0 Å². The number of nitrogens with zero attached hydrogens (tertiary/aromatic N) is 4. The molecule has 8 rings (SSSR count). The van der Waals surface area contributed by atoms with Crippen LogP contribution in [0.25, 0.3) is 0 Å². The molecule has 292 valence electrons. The van der Waals surface area contributed by atoms with Crippen LogP contribution in [-0.4, -0.2) is 82.7 Å². The molecule has 2 aromatic heterocycles. The molecule has 2 aliphatic carbocycles. The number of carbonyl (C=O) groups excluding carboxylic acids is 3. The van der Waals surface area contributed by atoms with Gasteiger partial charge in [-0.3, -0.25) is 9.59 Å². The number of hydrogen-bond acceptors (Lipinski definition) is 9. The molecular formula is C44H50N6O6. The Morgan fingerprint density at radius 3 is 1.39 bits per heavy atom. The highest BCUT2D eigenvalue weighted by Crippen LogP contribution is 2.34. The van der Waals surface area contributed by atoms with Crippen LogP contribution >= 0.6 is 0 Å². The number of carboxylic acids is 1. The van der Waals surface area contributed by atoms with E-state index in [2.05, 4.69) is 30.4 Å². The second kappa shape index (κ2) is 16.9. The minimum absolute atomic E-state index is 0.277. The first kappa shape index (κ1) is 38.5. The molecule has 0 unspecified atom stereocenters. The van der Waals surface area contributed by atoms with Crippen LogP contribution in [0, 0.1) is 0 Å². The summed E-state index contributed by atoms with van der Waals surface area (Å²) in [6.45, 7) is 5.58. The number of fused-ring (bicyclic) bond motifs is 2. The van der Waals surface area contributed by atoms with Crippen molar-refractivity contribution < 1.29 is 29.0 Å². The van der Waals surface area contributed by atoms with Crippen LogP contribution in [0.15, 0.2) is 85.2 Å². The lowest BCUT2D eigenvalue weighted by Crippen LogP contribution is -2.56. The Morgan fingerprint density at radius 2 is 1.00 bits per heavy atom. The van der Waals surface area contributed by atoms with Gasteiger partial charge < -0.3 is 30.3 Å². The van der Waals surface area contributed by atoms with Crippen molar-refractivity contribution in [2.45, 2.75) is 82.2 Å². The van der Waals surface area contributed by atoms with Crippen molar-refractivity contribution in [2.24, 2.45) is 0 Å². The van der Waals surface area contributed by atoms with Crippen LogP contribution in [0.2, 0.25) is 0 Å². The molecule has 4 aromatic rings. The number of piperidine rings is 2. The van der Waals surface area contributed by atoms with Crippen LogP contribution in [0.5, 0.6) is 0 Å². The molecule has 2 aromatic carbocycles. The molecule has 2 saturated heterocycles. The van der Waals surface area contributed by atoms with Crippen molar-refractivity contribution in [1.82, 2.24) is 20.6 Å². The molecule has 12 nitrogen and oxygen atoms in total. The third-order valence-electron chi connectivity index (χ3n) is 11.4. The number of rotatable bonds is 9. The molecule has 0 atom stereocenters. The summed E-state index contributed by atoms with van der Waals surface area (Å²) in [4.78, 5) is 64.7. The number of benzene rings is 2. The third kappa shape index (κ3) is 8.10. The van der Waals surface area contributed by atoms with Gasteiger partial charge in [0.15, 0.2) is 0 Å². The largest absolute Gasteiger partial charge is 0.479 e. The number of aliphatic carboxylic acids is 1. The van der Waals surface area contributed by atoms with Crippen LogP contribution in [0.4, 0.5) is 11.6 Å². The zero-order valence-electron chi connectivity index (χ0n) is 32.0. The third-order valence-corrected chi connectivity index (χ3v) is 11.4. The lowest BCUT2D eigenvalue weighted by molar-refractivity contribution is -0.150. The monoisotopic (exact) mass is 758 g/mol. The Morgan fingerprint density at radius 1 is 0.607 bits per heavy atom. The molecule has 4 aliphatic rings. The van der Waals surface area contributed by atoms with Gasteiger partial charge in [-0.25, -0.2) is 19.6 Å². The summed E-state index contributed by atoms with van der Waals surface area (Å²) in [5.41, 5.74) is 2.66. The van der Waals surface area contributed by atoms with E-state index in [0.29, 0.717) is 48.4 Å². The highest BCUT2D eigenvalue weighted by molar-refractivity contribution is 6.03. The van der Waals surface area contributed by atoms with E-state index in [-0.39, 0.29) is 24.4 Å². The maximum atomic E-state index is 13.3. The highest BCUT2D eigenvalue weighted by Gasteiger charge is 2.47. The minimum Gasteiger partial charge on any atom is -0.479 e. The summed E-state index contributed by atoms with van der Waals surface area (Å²) < 4.78 is 5.36. The van der Waals surface area contributed by atoms with Crippen molar-refractivity contribution in [2.75, 3.05) is 42.6 Å². The Hall–Kier alpha value is -5.78. The van der Waals surface area contributed by atoms with Gasteiger partial charge in [-0.1, -0.05) is 48.5 Å². The van der Waals surface area contributed by atoms with Crippen LogP contribution in [0.3, 0.4) is 0 Å². The molecule has 2 aliphatic heterocycles. The fourth-order valence-electron chi connectivity index (χ4n) is 8.51. The Balaban J connectivity index is 0.000000172. The fraction of sp³-hybridized carbons (Fsp3) is 0.409. The molecule has 0 radical (unpaired) electrons. The SMILES string of the molecule is CCOC(=O)C1(NC(=O)c2cccnc2N2CCCCC2)Cc2ccccc2C1.O=C(NC1(C(=O)O)Cc2ccccc2C1)c1cccnc1N1CCCCC1. The standard InChI is InChI=1S/C23H27N3O3.C21H23N3O3/c1-2-29-22(28)23(15-17-9-4-5-10-18(17)16-23)25-21(27)19-11-8-12-24-20(19)26-13-6-3-7-14-26;25-19(17-9-6-10-22-18(17)24-11-4-1-5-12-24)23-21(20(26)27)13-15-7-2-3-8-16(15)14-21/h4-5,8-12H,2-3,6-7,13-16H2,1H3,(H,25,27);2-3,6-10H,1,4-5,11-14H2,(H,23,25)(H,26,27). The quantitative estimate of drug-likeness (QED) is 0.191. The van der Waals surface area contributed by atoms with Gasteiger partial charge in [-0.2, -0.15) is 0 Å². The van der Waals surface area contributed by atoms with Crippen molar-refractivity contribution in [3.05, 3.63) is 119 Å². The summed E-state index contributed by atoms with van der Waals surface area (Å²) in [5.74, 6) is -0.702. The van der Waals surface area contributed by atoms with Crippen molar-refractivity contribution in [3.8, 4) is 0 Å². The van der Waals surface area contributed by atoms with Crippen molar-refractivity contribution in [3.63, 3.8) is 0 Å². The van der Waals surface area contributed by atoms with Gasteiger partial charge in [-0.15, -0.1) is 0 Å². The average Bonchev–Trinajstić information content (AvgIpc) is 3.81. The van der Waals surface area contributed by atoms with E-state index in [0.717, 1.165) is 74.1 Å². The van der Waals surface area contributed by atoms with E-state index in [9.17, 15) is 24.3 Å². The lowest BCUT2D eigenvalue weighted by Gasteiger charge is -2.31. The molecular weight excluding hydrogens is 709 g/mol. The van der Waals surface area contributed by atoms with E-state index < -0.39 is 17.0 Å². The molecule has 3 N–H and O–H groups in total. The number of hydrogen-bond donors (Lipinski definition) is 3. The highest BCUT2D eigenvalue weighted by atomic mass is 16.5. The lowest BCUT2D eigenvalue weighted by atomic mass is 9.95. The number of carbonyl (C=O) groups is 4. The summed E-state index contributed by atoms with van der Waals surface area (Å²) in [6, 6.07) is 22.6. The Labute approximate surface area is 327 Å². The maximum absolute atomic E-state index is 13.3. The van der Waals surface area contributed by atoms with Crippen molar-refractivity contribution >= 4 is 35.4 Å². The molecule has 0 saturated carbocycles. The number of ether oxygens (including phenoxy) is 1. The first-order chi connectivity index (χ1) is 27.2. The minimum atomic E-state index is -1.31. The number of pyridine rings is 2. The van der Waals surface area contributed by atoms with Crippen LogP contribution < -0.4 is 20.4 Å². The van der Waals surface area contributed by atoms with Crippen molar-refractivity contribution in [1.29, 1.82) is 0 Å².